The zero-order chi connectivity index (χ0) is 16.6. The summed E-state index contributed by atoms with van der Waals surface area (Å²) in [5, 5.41) is 5.42. The molecule has 0 fully saturated rings. The van der Waals surface area contributed by atoms with Crippen molar-refractivity contribution in [3.05, 3.63) is 29.8 Å². The molecule has 8 heteroatoms. The van der Waals surface area contributed by atoms with Crippen LogP contribution >= 0.6 is 11.8 Å². The molecule has 0 spiro atoms. The maximum atomic E-state index is 11.7. The van der Waals surface area contributed by atoms with Gasteiger partial charge in [0, 0.05) is 18.0 Å². The molecule has 0 heterocycles. The predicted octanol–water partition coefficient (Wildman–Crippen LogP) is 1.71. The van der Waals surface area contributed by atoms with Crippen molar-refractivity contribution < 1.29 is 13.2 Å². The van der Waals surface area contributed by atoms with E-state index in [0.29, 0.717) is 0 Å². The number of urea groups is 1. The fraction of sp³-hybridized carbons (Fsp3) is 0.500. The van der Waals surface area contributed by atoms with Crippen molar-refractivity contribution in [2.75, 3.05) is 25.1 Å². The second-order valence-electron chi connectivity index (χ2n) is 4.79. The number of carbonyl (C=O) groups excluding carboxylic acids is 1. The van der Waals surface area contributed by atoms with Crippen molar-refractivity contribution in [3.8, 4) is 0 Å². The summed E-state index contributed by atoms with van der Waals surface area (Å²) in [5.74, 6) is 1.02. The van der Waals surface area contributed by atoms with E-state index in [9.17, 15) is 13.2 Å². The van der Waals surface area contributed by atoms with E-state index in [4.69, 9.17) is 0 Å². The van der Waals surface area contributed by atoms with Crippen LogP contribution in [0.5, 0.6) is 0 Å². The lowest BCUT2D eigenvalue weighted by Crippen LogP contribution is -2.41. The zero-order valence-corrected chi connectivity index (χ0v) is 14.7. The van der Waals surface area contributed by atoms with Crippen LogP contribution in [0.25, 0.3) is 0 Å². The number of carbonyl (C=O) groups is 1. The Bertz CT molecular complexity index is 574. The molecule has 1 aromatic rings. The summed E-state index contributed by atoms with van der Waals surface area (Å²) < 4.78 is 24.1. The molecular weight excluding hydrogens is 322 g/mol. The highest BCUT2D eigenvalue weighted by Gasteiger charge is 2.09. The molecule has 2 amide bonds. The molecular formula is C14H23N3O3S2. The fourth-order valence-corrected chi connectivity index (χ4v) is 2.90. The molecule has 22 heavy (non-hydrogen) atoms. The quantitative estimate of drug-likeness (QED) is 0.494. The van der Waals surface area contributed by atoms with E-state index in [0.717, 1.165) is 17.6 Å². The van der Waals surface area contributed by atoms with Gasteiger partial charge in [-0.3, -0.25) is 0 Å². The Morgan fingerprint density at radius 3 is 2.41 bits per heavy atom. The van der Waals surface area contributed by atoms with Gasteiger partial charge in [0.15, 0.2) is 0 Å². The number of nitrogens with one attached hydrogen (secondary N) is 3. The summed E-state index contributed by atoms with van der Waals surface area (Å²) in [5.41, 5.74) is 1.02. The molecule has 6 nitrogen and oxygen atoms in total. The highest BCUT2D eigenvalue weighted by Crippen LogP contribution is 2.20. The van der Waals surface area contributed by atoms with Gasteiger partial charge in [-0.15, -0.1) is 11.8 Å². The molecule has 1 atom stereocenters. The molecule has 1 aromatic carbocycles. The number of hydrogen-bond donors (Lipinski definition) is 3. The summed E-state index contributed by atoms with van der Waals surface area (Å²) in [6, 6.07) is 7.62. The van der Waals surface area contributed by atoms with E-state index in [-0.39, 0.29) is 25.2 Å². The first-order chi connectivity index (χ1) is 10.3. The van der Waals surface area contributed by atoms with Crippen LogP contribution in [-0.2, 0) is 10.0 Å². The van der Waals surface area contributed by atoms with Gasteiger partial charge in [0.1, 0.15) is 0 Å². The van der Waals surface area contributed by atoms with Crippen molar-refractivity contribution in [1.29, 1.82) is 0 Å². The third-order valence-corrected chi connectivity index (χ3v) is 4.44. The van der Waals surface area contributed by atoms with Gasteiger partial charge in [-0.25, -0.2) is 17.9 Å². The number of benzene rings is 1. The van der Waals surface area contributed by atoms with Gasteiger partial charge in [-0.2, -0.15) is 0 Å². The van der Waals surface area contributed by atoms with Crippen molar-refractivity contribution in [1.82, 2.24) is 15.4 Å². The summed E-state index contributed by atoms with van der Waals surface area (Å²) in [6.45, 7) is 4.41. The first-order valence-electron chi connectivity index (χ1n) is 7.03. The third kappa shape index (κ3) is 7.67. The highest BCUT2D eigenvalue weighted by molar-refractivity contribution is 7.99. The highest BCUT2D eigenvalue weighted by atomic mass is 32.2. The summed E-state index contributed by atoms with van der Waals surface area (Å²) in [4.78, 5) is 12.9. The Morgan fingerprint density at radius 1 is 1.23 bits per heavy atom. The molecule has 1 rings (SSSR count). The molecule has 0 saturated carbocycles. The number of sulfonamides is 1. The van der Waals surface area contributed by atoms with E-state index in [1.165, 1.54) is 4.90 Å². The molecule has 0 bridgehead atoms. The minimum absolute atomic E-state index is 0.122. The molecule has 0 saturated heterocycles. The molecule has 0 aliphatic rings. The first kappa shape index (κ1) is 18.8. The second-order valence-corrected chi connectivity index (χ2v) is 7.96. The van der Waals surface area contributed by atoms with Crippen molar-refractivity contribution in [2.45, 2.75) is 24.8 Å². The Kier molecular flexibility index (Phi) is 7.70. The van der Waals surface area contributed by atoms with Crippen LogP contribution in [0.1, 0.15) is 25.5 Å². The monoisotopic (exact) mass is 345 g/mol. The van der Waals surface area contributed by atoms with Gasteiger partial charge in [0.2, 0.25) is 10.0 Å². The van der Waals surface area contributed by atoms with Gasteiger partial charge in [0.25, 0.3) is 0 Å². The van der Waals surface area contributed by atoms with Gasteiger partial charge in [-0.05, 0) is 30.4 Å². The maximum Gasteiger partial charge on any atom is 0.315 e. The molecule has 124 valence electrons. The Morgan fingerprint density at radius 2 is 1.86 bits per heavy atom. The topological polar surface area (TPSA) is 87.3 Å². The normalized spacial score (nSPS) is 12.7. The number of hydrogen-bond acceptors (Lipinski definition) is 4. The predicted molar refractivity (Wildman–Crippen MR) is 90.6 cm³/mol. The maximum absolute atomic E-state index is 11.7. The van der Waals surface area contributed by atoms with Gasteiger partial charge >= 0.3 is 6.03 Å². The lowest BCUT2D eigenvalue weighted by molar-refractivity contribution is 0.238. The van der Waals surface area contributed by atoms with E-state index in [2.05, 4.69) is 22.3 Å². The number of rotatable bonds is 8. The minimum atomic E-state index is -3.22. The largest absolute Gasteiger partial charge is 0.337 e. The summed E-state index contributed by atoms with van der Waals surface area (Å²) in [6.07, 6.45) is 1.08. The molecule has 0 aromatic heterocycles. The van der Waals surface area contributed by atoms with Crippen LogP contribution in [0.3, 0.4) is 0 Å². The average molecular weight is 345 g/mol. The van der Waals surface area contributed by atoms with Crippen LogP contribution in [0.15, 0.2) is 29.2 Å². The van der Waals surface area contributed by atoms with Crippen LogP contribution in [0, 0.1) is 0 Å². The van der Waals surface area contributed by atoms with Crippen molar-refractivity contribution >= 4 is 27.8 Å². The van der Waals surface area contributed by atoms with Gasteiger partial charge < -0.3 is 10.6 Å². The second kappa shape index (κ2) is 9.02. The Balaban J connectivity index is 2.37. The molecule has 0 aliphatic carbocycles. The Hall–Kier alpha value is -1.25. The van der Waals surface area contributed by atoms with Crippen molar-refractivity contribution in [2.24, 2.45) is 0 Å². The fourth-order valence-electron chi connectivity index (χ4n) is 1.76. The van der Waals surface area contributed by atoms with Crippen LogP contribution in [0.2, 0.25) is 0 Å². The zero-order valence-electron chi connectivity index (χ0n) is 13.0. The van der Waals surface area contributed by atoms with E-state index in [1.54, 1.807) is 11.8 Å². The Labute approximate surface area is 136 Å². The van der Waals surface area contributed by atoms with Crippen LogP contribution in [0.4, 0.5) is 4.79 Å². The standard InChI is InChI=1S/C14H23N3O3S2/c1-4-21-13-7-5-12(6-8-13)11(2)17-14(18)15-9-10-16-22(3,19)20/h5-8,11,16H,4,9-10H2,1-3H3,(H2,15,17,18)/t11-/m1/s1. The number of amides is 2. The summed E-state index contributed by atoms with van der Waals surface area (Å²) >= 11 is 1.77. The van der Waals surface area contributed by atoms with E-state index >= 15 is 0 Å². The summed E-state index contributed by atoms with van der Waals surface area (Å²) in [7, 11) is -3.22. The lowest BCUT2D eigenvalue weighted by Gasteiger charge is -2.15. The number of thioether (sulfide) groups is 1. The molecule has 0 unspecified atom stereocenters. The van der Waals surface area contributed by atoms with Crippen LogP contribution < -0.4 is 15.4 Å². The molecule has 0 aliphatic heterocycles. The molecule has 3 N–H and O–H groups in total. The van der Waals surface area contributed by atoms with Crippen LogP contribution in [-0.4, -0.2) is 39.5 Å². The van der Waals surface area contributed by atoms with Gasteiger partial charge in [-0.1, -0.05) is 19.1 Å². The molecule has 0 radical (unpaired) electrons. The van der Waals surface area contributed by atoms with Gasteiger partial charge in [0.05, 0.1) is 12.3 Å². The SMILES string of the molecule is CCSc1ccc([C@@H](C)NC(=O)NCCNS(C)(=O)=O)cc1. The van der Waals surface area contributed by atoms with E-state index < -0.39 is 10.0 Å². The first-order valence-corrected chi connectivity index (χ1v) is 9.91. The van der Waals surface area contributed by atoms with E-state index in [1.807, 2.05) is 31.2 Å². The third-order valence-electron chi connectivity index (χ3n) is 2.81. The lowest BCUT2D eigenvalue weighted by atomic mass is 10.1. The van der Waals surface area contributed by atoms with Crippen molar-refractivity contribution in [3.63, 3.8) is 0 Å². The smallest absolute Gasteiger partial charge is 0.315 e. The average Bonchev–Trinajstić information content (AvgIpc) is 2.44. The minimum Gasteiger partial charge on any atom is -0.337 e.